The van der Waals surface area contributed by atoms with Crippen molar-refractivity contribution in [2.24, 2.45) is 0 Å². The normalized spacial score (nSPS) is 18.5. The van der Waals surface area contributed by atoms with Crippen molar-refractivity contribution >= 4 is 28.2 Å². The van der Waals surface area contributed by atoms with Crippen LogP contribution < -0.4 is 10.2 Å². The first-order valence-electron chi connectivity index (χ1n) is 10.5. The Balaban J connectivity index is 1.54. The maximum atomic E-state index is 14.7. The van der Waals surface area contributed by atoms with E-state index in [1.807, 2.05) is 11.9 Å². The van der Waals surface area contributed by atoms with Gasteiger partial charge in [0, 0.05) is 35.8 Å². The minimum Gasteiger partial charge on any atom is -0.363 e. The monoisotopic (exact) mass is 492 g/mol. The number of nitrogens with one attached hydrogen (secondary N) is 1. The number of anilines is 2. The average molecular weight is 493 g/mol. The Morgan fingerprint density at radius 1 is 1.21 bits per heavy atom. The van der Waals surface area contributed by atoms with Crippen LogP contribution in [0.4, 0.5) is 28.5 Å². The van der Waals surface area contributed by atoms with Crippen molar-refractivity contribution < 1.29 is 22.4 Å². The van der Waals surface area contributed by atoms with E-state index in [1.54, 1.807) is 23.4 Å². The molecule has 0 bridgehead atoms. The molecule has 1 aromatic carbocycles. The standard InChI is InChI=1S/C22H20F4N6OS/c1-12(13-4-3-5-15(16(13)23)22(24,25)26)30-18-14-8-32(20-27-6-7-34-20)19(33)21(9-31(2)10-21)17(14)28-11-29-18/h3-7,11-12H,8-10H2,1-2H3,(H,28,29,30)/t12-/m1/s1. The number of likely N-dealkylation sites (tertiary alicyclic amines) is 1. The Labute approximate surface area is 196 Å². The van der Waals surface area contributed by atoms with E-state index in [2.05, 4.69) is 20.3 Å². The molecule has 2 aliphatic rings. The van der Waals surface area contributed by atoms with Crippen molar-refractivity contribution in [1.82, 2.24) is 19.9 Å². The lowest BCUT2D eigenvalue weighted by molar-refractivity contribution is -0.140. The highest BCUT2D eigenvalue weighted by Gasteiger charge is 2.56. The molecule has 1 saturated heterocycles. The fourth-order valence-electron chi connectivity index (χ4n) is 4.74. The van der Waals surface area contributed by atoms with E-state index in [0.29, 0.717) is 41.4 Å². The molecule has 1 fully saturated rings. The predicted molar refractivity (Wildman–Crippen MR) is 118 cm³/mol. The molecule has 1 amide bonds. The number of carbonyl (C=O) groups is 1. The summed E-state index contributed by atoms with van der Waals surface area (Å²) in [4.78, 5) is 30.1. The van der Waals surface area contributed by atoms with Gasteiger partial charge in [-0.25, -0.2) is 19.3 Å². The van der Waals surface area contributed by atoms with Crippen LogP contribution in [0.2, 0.25) is 0 Å². The summed E-state index contributed by atoms with van der Waals surface area (Å²) in [6, 6.07) is 2.37. The molecule has 4 heterocycles. The van der Waals surface area contributed by atoms with E-state index < -0.39 is 29.0 Å². The molecule has 0 unspecified atom stereocenters. The number of amides is 1. The van der Waals surface area contributed by atoms with Crippen LogP contribution in [-0.4, -0.2) is 45.9 Å². The molecule has 34 heavy (non-hydrogen) atoms. The molecule has 1 atom stereocenters. The van der Waals surface area contributed by atoms with Crippen LogP contribution in [0.15, 0.2) is 36.1 Å². The van der Waals surface area contributed by atoms with Crippen LogP contribution in [-0.2, 0) is 22.9 Å². The maximum absolute atomic E-state index is 14.7. The van der Waals surface area contributed by atoms with Crippen LogP contribution in [0.5, 0.6) is 0 Å². The number of fused-ring (bicyclic) bond motifs is 2. The molecule has 5 rings (SSSR count). The van der Waals surface area contributed by atoms with Gasteiger partial charge in [0.05, 0.1) is 23.8 Å². The number of carbonyl (C=O) groups excluding carboxylic acids is 1. The van der Waals surface area contributed by atoms with Gasteiger partial charge < -0.3 is 10.2 Å². The number of likely N-dealkylation sites (N-methyl/N-ethyl adjacent to an activating group) is 1. The number of thiazole rings is 1. The minimum absolute atomic E-state index is 0.102. The summed E-state index contributed by atoms with van der Waals surface area (Å²) in [7, 11) is 1.90. The zero-order chi connectivity index (χ0) is 24.3. The third-order valence-corrected chi connectivity index (χ3v) is 7.05. The smallest absolute Gasteiger partial charge is 0.363 e. The predicted octanol–water partition coefficient (Wildman–Crippen LogP) is 3.99. The fraction of sp³-hybridized carbons (Fsp3) is 0.364. The van der Waals surface area contributed by atoms with Crippen molar-refractivity contribution in [1.29, 1.82) is 0 Å². The molecule has 7 nitrogen and oxygen atoms in total. The van der Waals surface area contributed by atoms with Gasteiger partial charge in [-0.1, -0.05) is 12.1 Å². The lowest BCUT2D eigenvalue weighted by Gasteiger charge is -2.51. The van der Waals surface area contributed by atoms with E-state index in [9.17, 15) is 22.4 Å². The number of alkyl halides is 3. The Hall–Kier alpha value is -3.12. The van der Waals surface area contributed by atoms with Crippen LogP contribution in [0, 0.1) is 5.82 Å². The highest BCUT2D eigenvalue weighted by atomic mass is 32.1. The summed E-state index contributed by atoms with van der Waals surface area (Å²) in [6.07, 6.45) is -1.87. The van der Waals surface area contributed by atoms with Crippen LogP contribution in [0.25, 0.3) is 0 Å². The van der Waals surface area contributed by atoms with E-state index in [-0.39, 0.29) is 18.0 Å². The largest absolute Gasteiger partial charge is 0.419 e. The molecule has 0 saturated carbocycles. The van der Waals surface area contributed by atoms with Crippen LogP contribution >= 0.6 is 11.3 Å². The Kier molecular flexibility index (Phi) is 5.32. The van der Waals surface area contributed by atoms with Gasteiger partial charge in [-0.15, -0.1) is 11.3 Å². The number of hydrogen-bond donors (Lipinski definition) is 1. The Bertz CT molecular complexity index is 1240. The maximum Gasteiger partial charge on any atom is 0.419 e. The quantitative estimate of drug-likeness (QED) is 0.556. The number of aromatic nitrogens is 3. The van der Waals surface area contributed by atoms with E-state index in [1.165, 1.54) is 29.8 Å². The van der Waals surface area contributed by atoms with E-state index in [0.717, 1.165) is 0 Å². The van der Waals surface area contributed by atoms with Crippen molar-refractivity contribution in [3.63, 3.8) is 0 Å². The van der Waals surface area contributed by atoms with Gasteiger partial charge in [0.15, 0.2) is 5.13 Å². The third-order valence-electron chi connectivity index (χ3n) is 6.25. The summed E-state index contributed by atoms with van der Waals surface area (Å²) < 4.78 is 54.3. The SMILES string of the molecule is C[C@@H](Nc1ncnc2c1CN(c1nccs1)C(=O)C21CN(C)C1)c1cccc(C(F)(F)F)c1F. The Morgan fingerprint density at radius 2 is 1.97 bits per heavy atom. The average Bonchev–Trinajstić information content (AvgIpc) is 3.29. The highest BCUT2D eigenvalue weighted by Crippen LogP contribution is 2.44. The zero-order valence-electron chi connectivity index (χ0n) is 18.2. The van der Waals surface area contributed by atoms with Gasteiger partial charge in [0.2, 0.25) is 5.91 Å². The lowest BCUT2D eigenvalue weighted by atomic mass is 9.72. The van der Waals surface area contributed by atoms with E-state index in [4.69, 9.17) is 0 Å². The molecule has 178 valence electrons. The molecule has 2 aromatic heterocycles. The third kappa shape index (κ3) is 3.52. The van der Waals surface area contributed by atoms with Crippen molar-refractivity contribution in [2.75, 3.05) is 30.4 Å². The molecule has 0 aliphatic carbocycles. The van der Waals surface area contributed by atoms with Crippen LogP contribution in [0.1, 0.15) is 35.3 Å². The summed E-state index contributed by atoms with van der Waals surface area (Å²) in [5.74, 6) is -1.08. The van der Waals surface area contributed by atoms with Crippen molar-refractivity contribution in [3.05, 3.63) is 64.3 Å². The summed E-state index contributed by atoms with van der Waals surface area (Å²) in [5.41, 5.74) is -1.09. The lowest BCUT2D eigenvalue weighted by Crippen LogP contribution is -2.68. The molecule has 1 spiro atoms. The van der Waals surface area contributed by atoms with Gasteiger partial charge in [0.1, 0.15) is 23.4 Å². The molecule has 3 aromatic rings. The minimum atomic E-state index is -4.80. The van der Waals surface area contributed by atoms with Crippen molar-refractivity contribution in [2.45, 2.75) is 31.1 Å². The second-order valence-electron chi connectivity index (χ2n) is 8.58. The van der Waals surface area contributed by atoms with E-state index >= 15 is 0 Å². The topological polar surface area (TPSA) is 74.2 Å². The zero-order valence-corrected chi connectivity index (χ0v) is 19.0. The molecular weight excluding hydrogens is 472 g/mol. The van der Waals surface area contributed by atoms with Gasteiger partial charge in [-0.2, -0.15) is 13.2 Å². The van der Waals surface area contributed by atoms with Crippen LogP contribution in [0.3, 0.4) is 0 Å². The Morgan fingerprint density at radius 3 is 2.62 bits per heavy atom. The molecule has 12 heteroatoms. The first kappa shape index (κ1) is 22.7. The molecular formula is C22H20F4N6OS. The number of nitrogens with zero attached hydrogens (tertiary/aromatic N) is 5. The van der Waals surface area contributed by atoms with Gasteiger partial charge in [-0.3, -0.25) is 9.69 Å². The summed E-state index contributed by atoms with van der Waals surface area (Å²) in [6.45, 7) is 2.64. The highest BCUT2D eigenvalue weighted by molar-refractivity contribution is 7.13. The van der Waals surface area contributed by atoms with Crippen molar-refractivity contribution in [3.8, 4) is 0 Å². The first-order valence-corrected chi connectivity index (χ1v) is 11.4. The molecule has 2 aliphatic heterocycles. The first-order chi connectivity index (χ1) is 16.1. The van der Waals surface area contributed by atoms with Gasteiger partial charge in [-0.05, 0) is 20.0 Å². The molecule has 1 N–H and O–H groups in total. The second-order valence-corrected chi connectivity index (χ2v) is 9.46. The fourth-order valence-corrected chi connectivity index (χ4v) is 5.38. The number of benzene rings is 1. The van der Waals surface area contributed by atoms with Gasteiger partial charge in [0.25, 0.3) is 0 Å². The van der Waals surface area contributed by atoms with Gasteiger partial charge >= 0.3 is 6.18 Å². The second kappa shape index (κ2) is 7.98. The summed E-state index contributed by atoms with van der Waals surface area (Å²) in [5, 5.41) is 5.37. The number of hydrogen-bond acceptors (Lipinski definition) is 7. The number of rotatable bonds is 4. The number of halogens is 4. The summed E-state index contributed by atoms with van der Waals surface area (Å²) >= 11 is 1.33. The molecule has 0 radical (unpaired) electrons.